The van der Waals surface area contributed by atoms with E-state index in [1.807, 2.05) is 71.3 Å². The summed E-state index contributed by atoms with van der Waals surface area (Å²) in [6, 6.07) is 20.7. The van der Waals surface area contributed by atoms with Crippen LogP contribution in [0.5, 0.6) is 34.5 Å². The van der Waals surface area contributed by atoms with E-state index < -0.39 is 5.97 Å². The topological polar surface area (TPSA) is 112 Å². The molecule has 0 amide bonds. The summed E-state index contributed by atoms with van der Waals surface area (Å²) in [6.45, 7) is 2.32. The molecule has 0 N–H and O–H groups in total. The Labute approximate surface area is 299 Å². The molecule has 0 atom stereocenters. The Kier molecular flexibility index (Phi) is 11.9. The summed E-state index contributed by atoms with van der Waals surface area (Å²) >= 11 is 6.85. The molecule has 0 radical (unpaired) electrons. The van der Waals surface area contributed by atoms with Gasteiger partial charge in [0.1, 0.15) is 39.7 Å². The van der Waals surface area contributed by atoms with Crippen LogP contribution in [0.1, 0.15) is 28.5 Å². The van der Waals surface area contributed by atoms with Crippen molar-refractivity contribution in [1.29, 1.82) is 0 Å². The van der Waals surface area contributed by atoms with Gasteiger partial charge in [-0.1, -0.05) is 6.07 Å². The molecule has 0 saturated carbocycles. The zero-order chi connectivity index (χ0) is 35.8. The molecular formula is C37H38ClN3O8S. The predicted molar refractivity (Wildman–Crippen MR) is 195 cm³/mol. The van der Waals surface area contributed by atoms with Gasteiger partial charge in [0.05, 0.1) is 78.9 Å². The number of aromatic nitrogens is 3. The van der Waals surface area contributed by atoms with Crippen molar-refractivity contribution in [2.75, 3.05) is 49.3 Å². The quantitative estimate of drug-likeness (QED) is 0.0911. The largest absolute Gasteiger partial charge is 0.497 e. The molecule has 0 bridgehead atoms. The van der Waals surface area contributed by atoms with Gasteiger partial charge in [0.2, 0.25) is 0 Å². The SMILES string of the molecule is CCOC(=O)c1c(-c2ccc3nsnc3c2)c2cc(OC)c(OC)cc2n1Cc1cc(OC)ccc1OC.COc1ccc(OC)c(CCl)c1. The van der Waals surface area contributed by atoms with E-state index in [0.717, 1.165) is 61.9 Å². The second kappa shape index (κ2) is 16.5. The summed E-state index contributed by atoms with van der Waals surface area (Å²) in [5.74, 6) is 4.00. The minimum absolute atomic E-state index is 0.226. The number of nitrogens with zero attached hydrogens (tertiary/aromatic N) is 3. The number of ether oxygens (including phenoxy) is 7. The number of benzene rings is 4. The molecule has 0 aliphatic rings. The van der Waals surface area contributed by atoms with Crippen LogP contribution >= 0.6 is 23.3 Å². The number of hydrogen-bond donors (Lipinski definition) is 0. The highest BCUT2D eigenvalue weighted by Gasteiger charge is 2.28. The number of methoxy groups -OCH3 is 6. The summed E-state index contributed by atoms with van der Waals surface area (Å²) in [5.41, 5.74) is 5.98. The van der Waals surface area contributed by atoms with E-state index in [1.165, 1.54) is 0 Å². The van der Waals surface area contributed by atoms with Gasteiger partial charge >= 0.3 is 5.97 Å². The second-order valence-corrected chi connectivity index (χ2v) is 11.5. The zero-order valence-corrected chi connectivity index (χ0v) is 30.4. The van der Waals surface area contributed by atoms with Crippen LogP contribution in [0, 0.1) is 0 Å². The molecule has 0 spiro atoms. The molecular weight excluding hydrogens is 682 g/mol. The molecule has 0 fully saturated rings. The molecule has 13 heteroatoms. The van der Waals surface area contributed by atoms with Gasteiger partial charge in [-0.15, -0.1) is 11.6 Å². The number of hydrogen-bond acceptors (Lipinski definition) is 11. The van der Waals surface area contributed by atoms with Crippen LogP contribution in [0.2, 0.25) is 0 Å². The Balaban J connectivity index is 0.000000343. The average molecular weight is 720 g/mol. The lowest BCUT2D eigenvalue weighted by atomic mass is 10.0. The molecule has 0 saturated heterocycles. The Hall–Kier alpha value is -5.20. The van der Waals surface area contributed by atoms with Gasteiger partial charge in [-0.3, -0.25) is 0 Å². The fourth-order valence-corrected chi connectivity index (χ4v) is 6.37. The monoisotopic (exact) mass is 719 g/mol. The summed E-state index contributed by atoms with van der Waals surface area (Å²) in [5, 5.41) is 0.801. The van der Waals surface area contributed by atoms with Gasteiger partial charge in [-0.25, -0.2) is 4.79 Å². The lowest BCUT2D eigenvalue weighted by molar-refractivity contribution is 0.0516. The molecule has 0 unspecified atom stereocenters. The summed E-state index contributed by atoms with van der Waals surface area (Å²) in [4.78, 5) is 13.6. The van der Waals surface area contributed by atoms with Crippen molar-refractivity contribution in [1.82, 2.24) is 13.3 Å². The van der Waals surface area contributed by atoms with E-state index in [0.29, 0.717) is 46.7 Å². The molecule has 6 rings (SSSR count). The predicted octanol–water partition coefficient (Wildman–Crippen LogP) is 8.02. The third-order valence-corrected chi connectivity index (χ3v) is 8.87. The number of carbonyl (C=O) groups is 1. The lowest BCUT2D eigenvalue weighted by Crippen LogP contribution is -2.14. The van der Waals surface area contributed by atoms with Gasteiger partial charge in [-0.05, 0) is 67.1 Å². The Morgan fingerprint density at radius 2 is 1.30 bits per heavy atom. The molecule has 262 valence electrons. The van der Waals surface area contributed by atoms with E-state index >= 15 is 0 Å². The molecule has 0 aliphatic carbocycles. The van der Waals surface area contributed by atoms with E-state index in [9.17, 15) is 4.79 Å². The summed E-state index contributed by atoms with van der Waals surface area (Å²) in [7, 11) is 9.64. The highest BCUT2D eigenvalue weighted by atomic mass is 35.5. The average Bonchev–Trinajstić information content (AvgIpc) is 3.75. The van der Waals surface area contributed by atoms with Crippen LogP contribution in [0.3, 0.4) is 0 Å². The lowest BCUT2D eigenvalue weighted by Gasteiger charge is -2.15. The molecule has 11 nitrogen and oxygen atoms in total. The van der Waals surface area contributed by atoms with Gasteiger partial charge in [0.25, 0.3) is 0 Å². The number of rotatable bonds is 12. The number of esters is 1. The van der Waals surface area contributed by atoms with Crippen LogP contribution in [-0.2, 0) is 17.2 Å². The third-order valence-electron chi connectivity index (χ3n) is 8.03. The minimum atomic E-state index is -0.449. The zero-order valence-electron chi connectivity index (χ0n) is 28.9. The van der Waals surface area contributed by atoms with Crippen LogP contribution in [0.25, 0.3) is 33.1 Å². The smallest absolute Gasteiger partial charge is 0.355 e. The second-order valence-electron chi connectivity index (χ2n) is 10.7. The normalized spacial score (nSPS) is 10.7. The number of carbonyl (C=O) groups excluding carboxylic acids is 1. The van der Waals surface area contributed by atoms with E-state index in [4.69, 9.17) is 44.8 Å². The van der Waals surface area contributed by atoms with Crippen molar-refractivity contribution in [3.05, 3.63) is 83.6 Å². The van der Waals surface area contributed by atoms with Crippen molar-refractivity contribution in [2.45, 2.75) is 19.3 Å². The molecule has 2 aromatic heterocycles. The molecule has 50 heavy (non-hydrogen) atoms. The molecule has 4 aromatic carbocycles. The maximum absolute atomic E-state index is 13.6. The Bertz CT molecular complexity index is 2110. The van der Waals surface area contributed by atoms with E-state index in [1.54, 1.807) is 49.6 Å². The maximum atomic E-state index is 13.6. The van der Waals surface area contributed by atoms with Crippen molar-refractivity contribution in [3.8, 4) is 45.6 Å². The van der Waals surface area contributed by atoms with Gasteiger partial charge < -0.3 is 37.7 Å². The molecule has 0 aliphatic heterocycles. The highest BCUT2D eigenvalue weighted by molar-refractivity contribution is 7.00. The fraction of sp³-hybridized carbons (Fsp3) is 0.270. The van der Waals surface area contributed by atoms with E-state index in [-0.39, 0.29) is 6.61 Å². The first-order chi connectivity index (χ1) is 24.3. The van der Waals surface area contributed by atoms with Crippen LogP contribution in [-0.4, -0.2) is 68.5 Å². The number of alkyl halides is 1. The third kappa shape index (κ3) is 7.36. The van der Waals surface area contributed by atoms with Gasteiger partial charge in [-0.2, -0.15) is 8.75 Å². The van der Waals surface area contributed by atoms with Crippen LogP contribution in [0.4, 0.5) is 0 Å². The van der Waals surface area contributed by atoms with Crippen LogP contribution in [0.15, 0.2) is 66.7 Å². The fourth-order valence-electron chi connectivity index (χ4n) is 5.64. The summed E-state index contributed by atoms with van der Waals surface area (Å²) < 4.78 is 48.7. The van der Waals surface area contributed by atoms with Crippen molar-refractivity contribution >= 4 is 51.2 Å². The number of halogens is 1. The van der Waals surface area contributed by atoms with E-state index in [2.05, 4.69) is 8.75 Å². The first-order valence-electron chi connectivity index (χ1n) is 15.5. The standard InChI is InChI=1S/C28H27N3O6S.C9H11ClO2/c1-6-37-28(32)27-26(16-7-9-20-21(12-16)30-38-29-20)19-13-24(35-4)25(36-5)14-22(19)31(27)15-17-11-18(33-2)8-10-23(17)34-3;1-11-8-3-4-9(12-2)7(5-8)6-10/h7-14H,6,15H2,1-5H3;3-5H,6H2,1-2H3. The molecule has 2 heterocycles. The number of fused-ring (bicyclic) bond motifs is 2. The summed E-state index contributed by atoms with van der Waals surface area (Å²) in [6.07, 6.45) is 0. The highest BCUT2D eigenvalue weighted by Crippen LogP contribution is 2.43. The van der Waals surface area contributed by atoms with Gasteiger partial charge in [0, 0.05) is 28.1 Å². The van der Waals surface area contributed by atoms with Crippen molar-refractivity contribution in [2.24, 2.45) is 0 Å². The van der Waals surface area contributed by atoms with Crippen molar-refractivity contribution in [3.63, 3.8) is 0 Å². The molecule has 6 aromatic rings. The van der Waals surface area contributed by atoms with Gasteiger partial charge in [0.15, 0.2) is 11.5 Å². The van der Waals surface area contributed by atoms with Crippen molar-refractivity contribution < 1.29 is 38.0 Å². The first kappa shape index (κ1) is 36.1. The maximum Gasteiger partial charge on any atom is 0.355 e. The van der Waals surface area contributed by atoms with Crippen LogP contribution < -0.4 is 28.4 Å². The first-order valence-corrected chi connectivity index (χ1v) is 16.8. The Morgan fingerprint density at radius 3 is 1.90 bits per heavy atom. The Morgan fingerprint density at radius 1 is 0.700 bits per heavy atom. The minimum Gasteiger partial charge on any atom is -0.497 e.